The zero-order valence-electron chi connectivity index (χ0n) is 10.1. The Kier molecular flexibility index (Phi) is 4.52. The summed E-state index contributed by atoms with van der Waals surface area (Å²) in [5, 5.41) is 3.24. The molecule has 0 saturated carbocycles. The molecule has 0 unspecified atom stereocenters. The number of nitrogens with zero attached hydrogens (tertiary/aromatic N) is 1. The van der Waals surface area contributed by atoms with Crippen LogP contribution < -0.4 is 5.32 Å². The van der Waals surface area contributed by atoms with Crippen molar-refractivity contribution >= 4 is 11.5 Å². The third-order valence-electron chi connectivity index (χ3n) is 2.07. The summed E-state index contributed by atoms with van der Waals surface area (Å²) >= 11 is 0. The molecule has 0 spiro atoms. The van der Waals surface area contributed by atoms with Crippen LogP contribution in [-0.2, 0) is 0 Å². The molecule has 0 atom stereocenters. The van der Waals surface area contributed by atoms with Gasteiger partial charge >= 0.3 is 0 Å². The number of hydrogen-bond acceptors (Lipinski definition) is 1. The third kappa shape index (κ3) is 3.73. The monoisotopic (exact) mass is 214 g/mol. The Morgan fingerprint density at radius 1 is 1.31 bits per heavy atom. The lowest BCUT2D eigenvalue weighted by Gasteiger charge is -2.08. The number of anilines is 1. The molecule has 1 aromatic carbocycles. The average molecular weight is 214 g/mol. The van der Waals surface area contributed by atoms with Gasteiger partial charge in [0.15, 0.2) is 0 Å². The molecule has 0 aliphatic rings. The highest BCUT2D eigenvalue weighted by atomic mass is 15.0. The van der Waals surface area contributed by atoms with Crippen molar-refractivity contribution in [2.75, 3.05) is 5.32 Å². The highest BCUT2D eigenvalue weighted by Crippen LogP contribution is 2.10. The lowest BCUT2D eigenvalue weighted by molar-refractivity contribution is 1.43. The molecule has 0 fully saturated rings. The van der Waals surface area contributed by atoms with Gasteiger partial charge in [-0.1, -0.05) is 30.4 Å². The molecule has 1 aromatic rings. The smallest absolute Gasteiger partial charge is 0.132 e. The van der Waals surface area contributed by atoms with Crippen LogP contribution in [0, 0.1) is 6.92 Å². The average Bonchev–Trinajstić information content (AvgIpc) is 2.26. The Morgan fingerprint density at radius 2 is 1.94 bits per heavy atom. The molecule has 2 nitrogen and oxygen atoms in total. The van der Waals surface area contributed by atoms with Gasteiger partial charge in [0, 0.05) is 11.9 Å². The first kappa shape index (κ1) is 12.2. The van der Waals surface area contributed by atoms with Gasteiger partial charge in [0.05, 0.1) is 0 Å². The van der Waals surface area contributed by atoms with E-state index in [1.54, 1.807) is 6.20 Å². The van der Waals surface area contributed by atoms with Gasteiger partial charge in [0.25, 0.3) is 0 Å². The fraction of sp³-hybridized carbons (Fsp3) is 0.214. The predicted octanol–water partition coefficient (Wildman–Crippen LogP) is 3.92. The van der Waals surface area contributed by atoms with Crippen LogP contribution in [0.4, 0.5) is 5.69 Å². The van der Waals surface area contributed by atoms with Crippen LogP contribution in [-0.4, -0.2) is 5.84 Å². The van der Waals surface area contributed by atoms with Crippen molar-refractivity contribution in [2.45, 2.75) is 20.8 Å². The number of aliphatic imine (C=N–C) groups is 1. The highest BCUT2D eigenvalue weighted by molar-refractivity contribution is 6.07. The number of nitrogens with one attached hydrogen (secondary N) is 1. The zero-order chi connectivity index (χ0) is 12.0. The maximum Gasteiger partial charge on any atom is 0.132 e. The molecule has 1 N–H and O–H groups in total. The lowest BCUT2D eigenvalue weighted by Crippen LogP contribution is -2.12. The molecule has 0 radical (unpaired) electrons. The Morgan fingerprint density at radius 3 is 2.44 bits per heavy atom. The normalized spacial score (nSPS) is 11.8. The molecule has 0 aromatic heterocycles. The minimum Gasteiger partial charge on any atom is -0.340 e. The van der Waals surface area contributed by atoms with Gasteiger partial charge in [-0.05, 0) is 38.5 Å². The lowest BCUT2D eigenvalue weighted by atomic mass is 10.2. The van der Waals surface area contributed by atoms with Crippen molar-refractivity contribution in [3.63, 3.8) is 0 Å². The van der Waals surface area contributed by atoms with E-state index in [2.05, 4.69) is 35.9 Å². The summed E-state index contributed by atoms with van der Waals surface area (Å²) in [4.78, 5) is 4.28. The van der Waals surface area contributed by atoms with Crippen LogP contribution in [0.5, 0.6) is 0 Å². The topological polar surface area (TPSA) is 24.4 Å². The molecular weight excluding hydrogens is 196 g/mol. The summed E-state index contributed by atoms with van der Waals surface area (Å²) in [6.45, 7) is 9.83. The van der Waals surface area contributed by atoms with E-state index in [9.17, 15) is 0 Å². The highest BCUT2D eigenvalue weighted by Gasteiger charge is 1.99. The Labute approximate surface area is 97.4 Å². The molecule has 16 heavy (non-hydrogen) atoms. The third-order valence-corrected chi connectivity index (χ3v) is 2.07. The van der Waals surface area contributed by atoms with Crippen molar-refractivity contribution in [1.29, 1.82) is 0 Å². The largest absolute Gasteiger partial charge is 0.340 e. The van der Waals surface area contributed by atoms with Gasteiger partial charge in [-0.3, -0.25) is 0 Å². The number of amidine groups is 1. The van der Waals surface area contributed by atoms with Gasteiger partial charge in [0.2, 0.25) is 0 Å². The summed E-state index contributed by atoms with van der Waals surface area (Å²) in [7, 11) is 0. The van der Waals surface area contributed by atoms with E-state index in [0.717, 1.165) is 17.1 Å². The van der Waals surface area contributed by atoms with Crippen LogP contribution in [0.2, 0.25) is 0 Å². The summed E-state index contributed by atoms with van der Waals surface area (Å²) < 4.78 is 0. The molecule has 84 valence electrons. The van der Waals surface area contributed by atoms with Gasteiger partial charge in [0.1, 0.15) is 5.84 Å². The van der Waals surface area contributed by atoms with Crippen molar-refractivity contribution in [1.82, 2.24) is 0 Å². The van der Waals surface area contributed by atoms with E-state index in [4.69, 9.17) is 0 Å². The molecule has 0 bridgehead atoms. The van der Waals surface area contributed by atoms with E-state index in [0.29, 0.717) is 0 Å². The van der Waals surface area contributed by atoms with Crippen LogP contribution in [0.1, 0.15) is 19.4 Å². The van der Waals surface area contributed by atoms with Crippen LogP contribution in [0.15, 0.2) is 53.7 Å². The van der Waals surface area contributed by atoms with Crippen molar-refractivity contribution in [2.24, 2.45) is 4.99 Å². The SMILES string of the molecule is C=C(C)C(=N/C=C\C)Nc1ccc(C)cc1. The summed E-state index contributed by atoms with van der Waals surface area (Å²) in [6, 6.07) is 8.19. The number of benzene rings is 1. The second kappa shape index (κ2) is 5.91. The van der Waals surface area contributed by atoms with Crippen molar-refractivity contribution in [3.05, 3.63) is 54.3 Å². The first-order chi connectivity index (χ1) is 7.63. The number of aryl methyl sites for hydroxylation is 1. The molecule has 0 aliphatic carbocycles. The summed E-state index contributed by atoms with van der Waals surface area (Å²) in [6.07, 6.45) is 3.64. The fourth-order valence-corrected chi connectivity index (χ4v) is 1.17. The first-order valence-corrected chi connectivity index (χ1v) is 5.32. The quantitative estimate of drug-likeness (QED) is 0.598. The van der Waals surface area contributed by atoms with Crippen molar-refractivity contribution < 1.29 is 0 Å². The molecular formula is C14H18N2. The standard InChI is InChI=1S/C14H18N2/c1-5-10-15-14(11(2)3)16-13-8-6-12(4)7-9-13/h5-10H,2H2,1,3-4H3,(H,15,16)/b10-5-. The second-order valence-corrected chi connectivity index (χ2v) is 3.73. The predicted molar refractivity (Wildman–Crippen MR) is 71.9 cm³/mol. The molecule has 2 heteroatoms. The van der Waals surface area contributed by atoms with Gasteiger partial charge in [-0.15, -0.1) is 0 Å². The van der Waals surface area contributed by atoms with Gasteiger partial charge in [-0.25, -0.2) is 4.99 Å². The van der Waals surface area contributed by atoms with E-state index < -0.39 is 0 Å². The fourth-order valence-electron chi connectivity index (χ4n) is 1.17. The van der Waals surface area contributed by atoms with Gasteiger partial charge < -0.3 is 5.32 Å². The first-order valence-electron chi connectivity index (χ1n) is 5.32. The van der Waals surface area contributed by atoms with E-state index in [1.807, 2.05) is 32.1 Å². The van der Waals surface area contributed by atoms with Gasteiger partial charge in [-0.2, -0.15) is 0 Å². The number of rotatable bonds is 3. The Bertz CT molecular complexity index is 411. The maximum absolute atomic E-state index is 4.28. The van der Waals surface area contributed by atoms with E-state index in [1.165, 1.54) is 5.56 Å². The Hall–Kier alpha value is -1.83. The molecule has 0 heterocycles. The van der Waals surface area contributed by atoms with E-state index in [-0.39, 0.29) is 0 Å². The summed E-state index contributed by atoms with van der Waals surface area (Å²) in [5.74, 6) is 0.793. The van der Waals surface area contributed by atoms with Crippen molar-refractivity contribution in [3.8, 4) is 0 Å². The molecule has 1 rings (SSSR count). The molecule has 0 saturated heterocycles. The number of allylic oxidation sites excluding steroid dienone is 1. The number of hydrogen-bond donors (Lipinski definition) is 1. The minimum atomic E-state index is 0.793. The second-order valence-electron chi connectivity index (χ2n) is 3.73. The molecule has 0 aliphatic heterocycles. The van der Waals surface area contributed by atoms with Crippen LogP contribution >= 0.6 is 0 Å². The summed E-state index contributed by atoms with van der Waals surface area (Å²) in [5.41, 5.74) is 3.18. The minimum absolute atomic E-state index is 0.793. The molecule has 0 amide bonds. The van der Waals surface area contributed by atoms with Crippen LogP contribution in [0.25, 0.3) is 0 Å². The zero-order valence-corrected chi connectivity index (χ0v) is 10.1. The maximum atomic E-state index is 4.28. The van der Waals surface area contributed by atoms with E-state index >= 15 is 0 Å². The Balaban J connectivity index is 2.84. The van der Waals surface area contributed by atoms with Crippen LogP contribution in [0.3, 0.4) is 0 Å².